The van der Waals surface area contributed by atoms with Gasteiger partial charge in [-0.2, -0.15) is 15.1 Å². The topological polar surface area (TPSA) is 140 Å². The Labute approximate surface area is 208 Å². The molecule has 36 heavy (non-hydrogen) atoms. The van der Waals surface area contributed by atoms with Gasteiger partial charge in [-0.25, -0.2) is 0 Å². The quantitative estimate of drug-likeness (QED) is 0.314. The molecule has 1 aliphatic heterocycles. The van der Waals surface area contributed by atoms with E-state index in [-0.39, 0.29) is 6.04 Å². The molecule has 188 valence electrons. The van der Waals surface area contributed by atoms with E-state index in [2.05, 4.69) is 40.5 Å². The molecule has 5 heterocycles. The molecule has 0 radical (unpaired) electrons. The summed E-state index contributed by atoms with van der Waals surface area (Å²) < 4.78 is 16.8. The highest BCUT2D eigenvalue weighted by Gasteiger charge is 2.32. The number of H-pyrrole nitrogens is 1. The Bertz CT molecular complexity index is 1310. The van der Waals surface area contributed by atoms with Gasteiger partial charge in [-0.05, 0) is 26.2 Å². The van der Waals surface area contributed by atoms with Crippen LogP contribution in [0.4, 0.5) is 17.6 Å². The van der Waals surface area contributed by atoms with Crippen LogP contribution in [0.5, 0.6) is 5.88 Å². The van der Waals surface area contributed by atoms with Crippen molar-refractivity contribution in [1.82, 2.24) is 35.3 Å². The van der Waals surface area contributed by atoms with E-state index in [1.165, 1.54) is 0 Å². The average molecular weight is 492 g/mol. The van der Waals surface area contributed by atoms with Gasteiger partial charge < -0.3 is 24.2 Å². The zero-order valence-corrected chi connectivity index (χ0v) is 20.6. The molecule has 4 aromatic heterocycles. The Hall–Kier alpha value is -4.06. The second-order valence-electron chi connectivity index (χ2n) is 8.47. The molecule has 1 saturated heterocycles. The molecule has 12 nitrogen and oxygen atoms in total. The number of ether oxygens (including phenoxy) is 2. The molecule has 1 aliphatic rings. The van der Waals surface area contributed by atoms with Crippen LogP contribution >= 0.6 is 0 Å². The predicted octanol–water partition coefficient (Wildman–Crippen LogP) is 3.63. The van der Waals surface area contributed by atoms with Crippen molar-refractivity contribution in [2.75, 3.05) is 37.1 Å². The largest absolute Gasteiger partial charge is 0.475 e. The third kappa shape index (κ3) is 5.13. The van der Waals surface area contributed by atoms with Crippen LogP contribution in [-0.4, -0.2) is 62.2 Å². The highest BCUT2D eigenvalue weighted by molar-refractivity contribution is 5.58. The number of hydrogen-bond donors (Lipinski definition) is 2. The number of hydrogen-bond acceptors (Lipinski definition) is 11. The molecule has 0 spiro atoms. The van der Waals surface area contributed by atoms with Gasteiger partial charge in [0.05, 0.1) is 18.3 Å². The van der Waals surface area contributed by atoms with Crippen LogP contribution in [0.2, 0.25) is 0 Å². The van der Waals surface area contributed by atoms with Gasteiger partial charge in [0, 0.05) is 49.9 Å². The van der Waals surface area contributed by atoms with Crippen molar-refractivity contribution in [2.24, 2.45) is 0 Å². The summed E-state index contributed by atoms with van der Waals surface area (Å²) in [7, 11) is 1.63. The molecule has 1 fully saturated rings. The van der Waals surface area contributed by atoms with Gasteiger partial charge in [0.15, 0.2) is 11.6 Å². The lowest BCUT2D eigenvalue weighted by Gasteiger charge is -2.23. The summed E-state index contributed by atoms with van der Waals surface area (Å²) in [4.78, 5) is 20.5. The normalized spacial score (nSPS) is 15.4. The highest BCUT2D eigenvalue weighted by Crippen LogP contribution is 2.37. The number of aromatic amines is 1. The van der Waals surface area contributed by atoms with E-state index in [4.69, 9.17) is 19.0 Å². The van der Waals surface area contributed by atoms with Gasteiger partial charge in [-0.15, -0.1) is 0 Å². The van der Waals surface area contributed by atoms with Gasteiger partial charge in [0.25, 0.3) is 0 Å². The first-order valence-electron chi connectivity index (χ1n) is 12.0. The summed E-state index contributed by atoms with van der Waals surface area (Å²) in [6, 6.07) is 5.53. The summed E-state index contributed by atoms with van der Waals surface area (Å²) in [5.74, 6) is 2.96. The summed E-state index contributed by atoms with van der Waals surface area (Å²) in [5, 5.41) is 14.7. The Morgan fingerprint density at radius 2 is 2.03 bits per heavy atom. The Balaban J connectivity index is 1.43. The van der Waals surface area contributed by atoms with Gasteiger partial charge in [0.2, 0.25) is 11.8 Å². The molecule has 12 heteroatoms. The van der Waals surface area contributed by atoms with E-state index in [0.29, 0.717) is 42.4 Å². The smallest absolute Gasteiger partial charge is 0.231 e. The van der Waals surface area contributed by atoms with Crippen molar-refractivity contribution in [3.8, 4) is 17.3 Å². The summed E-state index contributed by atoms with van der Waals surface area (Å²) in [5.41, 5.74) is 3.24. The van der Waals surface area contributed by atoms with Crippen LogP contribution < -0.4 is 15.0 Å². The molecule has 1 atom stereocenters. The maximum Gasteiger partial charge on any atom is 0.231 e. The average Bonchev–Trinajstić information content (AvgIpc) is 3.65. The molecule has 5 rings (SSSR count). The van der Waals surface area contributed by atoms with E-state index in [9.17, 15) is 0 Å². The summed E-state index contributed by atoms with van der Waals surface area (Å²) in [6.07, 6.45) is 5.97. The first-order valence-corrected chi connectivity index (χ1v) is 12.0. The third-order valence-corrected chi connectivity index (χ3v) is 5.91. The van der Waals surface area contributed by atoms with Gasteiger partial charge >= 0.3 is 0 Å². The standard InChI is InChI=1S/C24H29N9O3/c1-4-16-23(26-8-7-25-16)17-13-19(36-32-17)18-6-5-9-33(18)24-28-20(27-21-12-15(2)30-31-21)14-22(29-24)35-11-10-34-3/h7-8,12-14,18H,4-6,9-11H2,1-3H3,(H2,27,28,29,30,31). The lowest BCUT2D eigenvalue weighted by atomic mass is 10.1. The molecule has 0 aliphatic carbocycles. The van der Waals surface area contributed by atoms with Crippen molar-refractivity contribution < 1.29 is 14.0 Å². The van der Waals surface area contributed by atoms with E-state index in [1.807, 2.05) is 26.0 Å². The fraction of sp³-hybridized carbons (Fsp3) is 0.417. The van der Waals surface area contributed by atoms with Gasteiger partial charge in [0.1, 0.15) is 23.8 Å². The zero-order chi connectivity index (χ0) is 24.9. The van der Waals surface area contributed by atoms with Crippen LogP contribution in [0, 0.1) is 6.92 Å². The van der Waals surface area contributed by atoms with Crippen LogP contribution in [0.1, 0.15) is 43.0 Å². The molecule has 0 amide bonds. The zero-order valence-electron chi connectivity index (χ0n) is 20.6. The number of rotatable bonds is 10. The molecule has 4 aromatic rings. The molecule has 2 N–H and O–H groups in total. The van der Waals surface area contributed by atoms with Crippen LogP contribution in [0.15, 0.2) is 35.1 Å². The fourth-order valence-electron chi connectivity index (χ4n) is 4.22. The fourth-order valence-corrected chi connectivity index (χ4v) is 4.22. The predicted molar refractivity (Wildman–Crippen MR) is 132 cm³/mol. The second-order valence-corrected chi connectivity index (χ2v) is 8.47. The molecule has 1 unspecified atom stereocenters. The Kier molecular flexibility index (Phi) is 7.03. The van der Waals surface area contributed by atoms with Gasteiger partial charge in [-0.3, -0.25) is 15.1 Å². The number of nitrogens with one attached hydrogen (secondary N) is 2. The van der Waals surface area contributed by atoms with Crippen LogP contribution in [-0.2, 0) is 11.2 Å². The molecular formula is C24H29N9O3. The summed E-state index contributed by atoms with van der Waals surface area (Å²) >= 11 is 0. The monoisotopic (exact) mass is 491 g/mol. The second kappa shape index (κ2) is 10.7. The van der Waals surface area contributed by atoms with Crippen molar-refractivity contribution in [1.29, 1.82) is 0 Å². The maximum atomic E-state index is 5.84. The lowest BCUT2D eigenvalue weighted by Crippen LogP contribution is -2.25. The molecule has 0 bridgehead atoms. The third-order valence-electron chi connectivity index (χ3n) is 5.91. The van der Waals surface area contributed by atoms with Crippen LogP contribution in [0.25, 0.3) is 11.4 Å². The van der Waals surface area contributed by atoms with Crippen molar-refractivity contribution in [3.05, 3.63) is 47.7 Å². The minimum absolute atomic E-state index is 0.0669. The maximum absolute atomic E-state index is 5.84. The van der Waals surface area contributed by atoms with Crippen LogP contribution in [0.3, 0.4) is 0 Å². The Morgan fingerprint density at radius 1 is 1.14 bits per heavy atom. The Morgan fingerprint density at radius 3 is 2.83 bits per heavy atom. The van der Waals surface area contributed by atoms with E-state index < -0.39 is 0 Å². The number of anilines is 3. The lowest BCUT2D eigenvalue weighted by molar-refractivity contribution is 0.143. The first kappa shape index (κ1) is 23.7. The van der Waals surface area contributed by atoms with E-state index >= 15 is 0 Å². The number of nitrogens with zero attached hydrogens (tertiary/aromatic N) is 7. The van der Waals surface area contributed by atoms with Gasteiger partial charge in [-0.1, -0.05) is 12.1 Å². The van der Waals surface area contributed by atoms with E-state index in [0.717, 1.165) is 48.6 Å². The number of aryl methyl sites for hydroxylation is 2. The van der Waals surface area contributed by atoms with Crippen molar-refractivity contribution in [2.45, 2.75) is 39.2 Å². The number of aromatic nitrogens is 7. The minimum atomic E-state index is -0.0669. The molecule has 0 saturated carbocycles. The van der Waals surface area contributed by atoms with Crippen molar-refractivity contribution in [3.63, 3.8) is 0 Å². The molecular weight excluding hydrogens is 462 g/mol. The first-order chi connectivity index (χ1) is 17.6. The highest BCUT2D eigenvalue weighted by atomic mass is 16.5. The molecule has 0 aromatic carbocycles. The summed E-state index contributed by atoms with van der Waals surface area (Å²) in [6.45, 7) is 5.58. The number of methoxy groups -OCH3 is 1. The minimum Gasteiger partial charge on any atom is -0.475 e. The van der Waals surface area contributed by atoms with Crippen molar-refractivity contribution >= 4 is 17.6 Å². The SMILES string of the molecule is CCc1nccnc1-c1cc(C2CCCN2c2nc(Nc3cc(C)[nH]n3)cc(OCCOC)n2)on1. The van der Waals surface area contributed by atoms with E-state index in [1.54, 1.807) is 25.6 Å².